The lowest BCUT2D eigenvalue weighted by Gasteiger charge is -2.19. The van der Waals surface area contributed by atoms with Crippen LogP contribution in [0.3, 0.4) is 0 Å². The van der Waals surface area contributed by atoms with Crippen molar-refractivity contribution >= 4 is 0 Å². The van der Waals surface area contributed by atoms with Crippen molar-refractivity contribution in [3.63, 3.8) is 0 Å². The maximum Gasteiger partial charge on any atom is 0.120 e. The van der Waals surface area contributed by atoms with Crippen molar-refractivity contribution in [1.29, 1.82) is 0 Å². The van der Waals surface area contributed by atoms with E-state index in [0.717, 1.165) is 25.3 Å². The zero-order valence-electron chi connectivity index (χ0n) is 13.1. The fourth-order valence-electron chi connectivity index (χ4n) is 2.27. The Hall–Kier alpha value is -1.02. The van der Waals surface area contributed by atoms with Gasteiger partial charge in [-0.1, -0.05) is 33.8 Å². The molecule has 0 saturated carbocycles. The molecular formula is C17H29NO. The minimum Gasteiger partial charge on any atom is -0.489 e. The molecule has 108 valence electrons. The monoisotopic (exact) mass is 263 g/mol. The van der Waals surface area contributed by atoms with Crippen LogP contribution in [-0.2, 0) is 0 Å². The Balaban J connectivity index is 2.62. The highest BCUT2D eigenvalue weighted by atomic mass is 16.5. The normalized spacial score (nSPS) is 12.7. The lowest BCUT2D eigenvalue weighted by molar-refractivity contribution is 0.193. The van der Waals surface area contributed by atoms with E-state index < -0.39 is 0 Å². The van der Waals surface area contributed by atoms with Crippen molar-refractivity contribution in [2.45, 2.75) is 59.5 Å². The van der Waals surface area contributed by atoms with Crippen molar-refractivity contribution in [2.75, 3.05) is 13.1 Å². The first-order chi connectivity index (χ1) is 9.08. The topological polar surface area (TPSA) is 21.3 Å². The largest absolute Gasteiger partial charge is 0.489 e. The molecule has 0 heterocycles. The average molecular weight is 263 g/mol. The molecule has 1 unspecified atom stereocenters. The molecule has 0 aliphatic heterocycles. The van der Waals surface area contributed by atoms with Crippen molar-refractivity contribution < 1.29 is 4.74 Å². The van der Waals surface area contributed by atoms with Crippen LogP contribution in [-0.4, -0.2) is 19.2 Å². The molecule has 1 aromatic carbocycles. The lowest BCUT2D eigenvalue weighted by Crippen LogP contribution is -2.31. The fraction of sp³-hybridized carbons (Fsp3) is 0.647. The van der Waals surface area contributed by atoms with Crippen LogP contribution in [0.15, 0.2) is 18.2 Å². The van der Waals surface area contributed by atoms with Gasteiger partial charge in [-0.05, 0) is 55.5 Å². The third-order valence-electron chi connectivity index (χ3n) is 3.42. The Morgan fingerprint density at radius 3 is 2.47 bits per heavy atom. The van der Waals surface area contributed by atoms with Crippen molar-refractivity contribution in [2.24, 2.45) is 0 Å². The number of nitrogens with one attached hydrogen (secondary N) is 1. The molecule has 2 nitrogen and oxygen atoms in total. The van der Waals surface area contributed by atoms with Crippen LogP contribution in [0.5, 0.6) is 5.75 Å². The Morgan fingerprint density at radius 1 is 1.21 bits per heavy atom. The Bertz CT molecular complexity index is 374. The summed E-state index contributed by atoms with van der Waals surface area (Å²) in [5.41, 5.74) is 2.73. The van der Waals surface area contributed by atoms with Crippen LogP contribution in [0.1, 0.15) is 57.6 Å². The van der Waals surface area contributed by atoms with Crippen LogP contribution in [0.4, 0.5) is 0 Å². The van der Waals surface area contributed by atoms with E-state index in [9.17, 15) is 0 Å². The van der Waals surface area contributed by atoms with E-state index in [1.165, 1.54) is 17.5 Å². The number of aryl methyl sites for hydroxylation is 1. The van der Waals surface area contributed by atoms with Crippen LogP contribution < -0.4 is 10.1 Å². The van der Waals surface area contributed by atoms with Crippen LogP contribution in [0.2, 0.25) is 0 Å². The summed E-state index contributed by atoms with van der Waals surface area (Å²) in [6.45, 7) is 13.0. The van der Waals surface area contributed by atoms with Gasteiger partial charge in [0.2, 0.25) is 0 Å². The van der Waals surface area contributed by atoms with Gasteiger partial charge in [-0.25, -0.2) is 0 Å². The number of hydrogen-bond acceptors (Lipinski definition) is 2. The fourth-order valence-corrected chi connectivity index (χ4v) is 2.27. The second-order valence-corrected chi connectivity index (χ2v) is 5.53. The van der Waals surface area contributed by atoms with E-state index >= 15 is 0 Å². The Kier molecular flexibility index (Phi) is 6.93. The van der Waals surface area contributed by atoms with Gasteiger partial charge < -0.3 is 10.1 Å². The van der Waals surface area contributed by atoms with E-state index in [-0.39, 0.29) is 6.10 Å². The molecule has 1 N–H and O–H groups in total. The SMILES string of the molecule is CCCNCC(CC)Oc1ccc(C(C)C)c(C)c1. The van der Waals surface area contributed by atoms with Gasteiger partial charge >= 0.3 is 0 Å². The summed E-state index contributed by atoms with van der Waals surface area (Å²) in [4.78, 5) is 0. The first-order valence-electron chi connectivity index (χ1n) is 7.56. The van der Waals surface area contributed by atoms with Crippen molar-refractivity contribution in [1.82, 2.24) is 5.32 Å². The molecule has 0 saturated heterocycles. The zero-order valence-corrected chi connectivity index (χ0v) is 13.1. The van der Waals surface area contributed by atoms with Gasteiger partial charge in [-0.3, -0.25) is 0 Å². The predicted octanol–water partition coefficient (Wildman–Crippen LogP) is 4.28. The molecular weight excluding hydrogens is 234 g/mol. The molecule has 0 radical (unpaired) electrons. The number of benzene rings is 1. The Labute approximate surface area is 118 Å². The van der Waals surface area contributed by atoms with Gasteiger partial charge in [0, 0.05) is 6.54 Å². The molecule has 0 bridgehead atoms. The molecule has 2 heteroatoms. The molecule has 0 aliphatic rings. The first-order valence-corrected chi connectivity index (χ1v) is 7.56. The smallest absolute Gasteiger partial charge is 0.120 e. The van der Waals surface area contributed by atoms with Gasteiger partial charge in [0.1, 0.15) is 11.9 Å². The third-order valence-corrected chi connectivity index (χ3v) is 3.42. The molecule has 19 heavy (non-hydrogen) atoms. The number of hydrogen-bond donors (Lipinski definition) is 1. The molecule has 0 aliphatic carbocycles. The van der Waals surface area contributed by atoms with E-state index in [0.29, 0.717) is 5.92 Å². The summed E-state index contributed by atoms with van der Waals surface area (Å²) in [6.07, 6.45) is 2.45. The molecule has 1 aromatic rings. The van der Waals surface area contributed by atoms with Gasteiger partial charge in [0.05, 0.1) is 0 Å². The van der Waals surface area contributed by atoms with E-state index in [1.807, 2.05) is 0 Å². The van der Waals surface area contributed by atoms with Crippen LogP contribution in [0.25, 0.3) is 0 Å². The number of rotatable bonds is 8. The molecule has 0 spiro atoms. The summed E-state index contributed by atoms with van der Waals surface area (Å²) in [5.74, 6) is 1.56. The van der Waals surface area contributed by atoms with Crippen LogP contribution in [0, 0.1) is 6.92 Å². The van der Waals surface area contributed by atoms with Gasteiger partial charge in [0.15, 0.2) is 0 Å². The minimum atomic E-state index is 0.260. The molecule has 0 amide bonds. The summed E-state index contributed by atoms with van der Waals surface area (Å²) < 4.78 is 6.06. The predicted molar refractivity (Wildman–Crippen MR) is 83.1 cm³/mol. The maximum atomic E-state index is 6.06. The highest BCUT2D eigenvalue weighted by molar-refractivity contribution is 5.36. The van der Waals surface area contributed by atoms with Gasteiger partial charge in [-0.15, -0.1) is 0 Å². The molecule has 1 atom stereocenters. The average Bonchev–Trinajstić information content (AvgIpc) is 2.37. The minimum absolute atomic E-state index is 0.260. The maximum absolute atomic E-state index is 6.06. The highest BCUT2D eigenvalue weighted by Gasteiger charge is 2.09. The highest BCUT2D eigenvalue weighted by Crippen LogP contribution is 2.24. The second-order valence-electron chi connectivity index (χ2n) is 5.53. The zero-order chi connectivity index (χ0) is 14.3. The summed E-state index contributed by atoms with van der Waals surface area (Å²) in [7, 11) is 0. The standard InChI is InChI=1S/C17H29NO/c1-6-10-18-12-15(7-2)19-16-8-9-17(13(3)4)14(5)11-16/h8-9,11,13,15,18H,6-7,10,12H2,1-5H3. The van der Waals surface area contributed by atoms with Crippen molar-refractivity contribution in [3.8, 4) is 5.75 Å². The lowest BCUT2D eigenvalue weighted by atomic mass is 9.98. The molecule has 0 fully saturated rings. The molecule has 0 aromatic heterocycles. The summed E-state index contributed by atoms with van der Waals surface area (Å²) in [5, 5.41) is 3.43. The third kappa shape index (κ3) is 5.23. The van der Waals surface area contributed by atoms with Gasteiger partial charge in [-0.2, -0.15) is 0 Å². The van der Waals surface area contributed by atoms with E-state index in [4.69, 9.17) is 4.74 Å². The van der Waals surface area contributed by atoms with E-state index in [2.05, 4.69) is 58.1 Å². The summed E-state index contributed by atoms with van der Waals surface area (Å²) >= 11 is 0. The van der Waals surface area contributed by atoms with Gasteiger partial charge in [0.25, 0.3) is 0 Å². The van der Waals surface area contributed by atoms with E-state index in [1.54, 1.807) is 0 Å². The summed E-state index contributed by atoms with van der Waals surface area (Å²) in [6, 6.07) is 6.46. The molecule has 1 rings (SSSR count). The van der Waals surface area contributed by atoms with Crippen LogP contribution >= 0.6 is 0 Å². The Morgan fingerprint density at radius 2 is 1.95 bits per heavy atom. The number of ether oxygens (including phenoxy) is 1. The quantitative estimate of drug-likeness (QED) is 0.707. The second kappa shape index (κ2) is 8.21. The first kappa shape index (κ1) is 16.0. The van der Waals surface area contributed by atoms with Crippen molar-refractivity contribution in [3.05, 3.63) is 29.3 Å².